The van der Waals surface area contributed by atoms with Gasteiger partial charge in [0.25, 0.3) is 0 Å². The summed E-state index contributed by atoms with van der Waals surface area (Å²) in [6, 6.07) is 0.698. The molecule has 2 unspecified atom stereocenters. The topological polar surface area (TPSA) is 58.9 Å². The summed E-state index contributed by atoms with van der Waals surface area (Å²) in [4.78, 5) is 0. The molecule has 4 saturated carbocycles. The van der Waals surface area contributed by atoms with Crippen molar-refractivity contribution in [2.75, 3.05) is 66.7 Å². The minimum Gasteiger partial charge on any atom is -0.387 e. The van der Waals surface area contributed by atoms with Crippen LogP contribution in [0.25, 0.3) is 0 Å². The van der Waals surface area contributed by atoms with Crippen molar-refractivity contribution in [3.05, 3.63) is 0 Å². The van der Waals surface area contributed by atoms with Crippen LogP contribution in [0.4, 0.5) is 0 Å². The number of hydrogen-bond acceptors (Lipinski definition) is 4. The molecule has 0 aromatic carbocycles. The highest BCUT2D eigenvalue weighted by molar-refractivity contribution is 5.12. The molecule has 0 aromatic heterocycles. The third-order valence-electron chi connectivity index (χ3n) is 13.2. The molecule has 6 fully saturated rings. The van der Waals surface area contributed by atoms with E-state index >= 15 is 0 Å². The Morgan fingerprint density at radius 3 is 1.94 bits per heavy atom. The molecular formula is C29H52N2O4+2. The standard InChI is InChI=1S/C29H52N2O4/c1-28-8-7-22-21(23(28)18-24(27(28)33)30(3)9-13-34-14-10-30)6-5-20-17-26(32)25(19-29(20,22)2)31(4)11-15-35-16-12-31/h20-27,32-33H,5-19H2,1-4H3/q+2/t20-,21+,22-,23-,24?,25?,26-,27+,28-,29-/m0/s1. The van der Waals surface area contributed by atoms with E-state index in [1.165, 1.54) is 32.1 Å². The fraction of sp³-hybridized carbons (Fsp3) is 1.00. The van der Waals surface area contributed by atoms with E-state index in [9.17, 15) is 10.2 Å². The predicted octanol–water partition coefficient (Wildman–Crippen LogP) is 2.66. The molecule has 0 radical (unpaired) electrons. The summed E-state index contributed by atoms with van der Waals surface area (Å²) in [5.74, 6) is 2.75. The van der Waals surface area contributed by atoms with E-state index in [1.54, 1.807) is 0 Å². The number of nitrogens with zero attached hydrogens (tertiary/aromatic N) is 2. The van der Waals surface area contributed by atoms with Crippen molar-refractivity contribution < 1.29 is 28.7 Å². The zero-order valence-electron chi connectivity index (χ0n) is 22.8. The van der Waals surface area contributed by atoms with Gasteiger partial charge in [-0.25, -0.2) is 0 Å². The maximum absolute atomic E-state index is 11.8. The molecule has 0 bridgehead atoms. The third-order valence-corrected chi connectivity index (χ3v) is 13.2. The maximum atomic E-state index is 11.8. The van der Waals surface area contributed by atoms with Crippen molar-refractivity contribution in [2.24, 2.45) is 34.5 Å². The first-order chi connectivity index (χ1) is 16.6. The fourth-order valence-corrected chi connectivity index (χ4v) is 10.7. The summed E-state index contributed by atoms with van der Waals surface area (Å²) in [5.41, 5.74) is 0.374. The van der Waals surface area contributed by atoms with Gasteiger partial charge in [0, 0.05) is 18.3 Å². The van der Waals surface area contributed by atoms with Gasteiger partial charge in [0.05, 0.1) is 40.5 Å². The average Bonchev–Trinajstić information content (AvgIpc) is 3.12. The molecule has 6 heteroatoms. The summed E-state index contributed by atoms with van der Waals surface area (Å²) in [5, 5.41) is 23.2. The van der Waals surface area contributed by atoms with Crippen molar-refractivity contribution in [3.63, 3.8) is 0 Å². The molecule has 2 saturated heterocycles. The van der Waals surface area contributed by atoms with Gasteiger partial charge >= 0.3 is 0 Å². The van der Waals surface area contributed by atoms with E-state index < -0.39 is 0 Å². The van der Waals surface area contributed by atoms with Crippen LogP contribution in [-0.4, -0.2) is 110 Å². The minimum atomic E-state index is -0.194. The van der Waals surface area contributed by atoms with Gasteiger partial charge < -0.3 is 28.7 Å². The van der Waals surface area contributed by atoms with Gasteiger partial charge in [-0.15, -0.1) is 0 Å². The Balaban J connectivity index is 1.27. The molecule has 4 aliphatic carbocycles. The number of aliphatic hydroxyl groups excluding tert-OH is 2. The highest BCUT2D eigenvalue weighted by Gasteiger charge is 2.66. The fourth-order valence-electron chi connectivity index (χ4n) is 10.7. The summed E-state index contributed by atoms with van der Waals surface area (Å²) in [7, 11) is 4.76. The smallest absolute Gasteiger partial charge is 0.116 e. The monoisotopic (exact) mass is 492 g/mol. The Morgan fingerprint density at radius 1 is 0.714 bits per heavy atom. The third kappa shape index (κ3) is 3.71. The molecule has 6 aliphatic rings. The average molecular weight is 493 g/mol. The second kappa shape index (κ2) is 8.64. The number of hydrogen-bond donors (Lipinski definition) is 2. The number of morpholine rings is 2. The second-order valence-corrected chi connectivity index (χ2v) is 14.6. The Morgan fingerprint density at radius 2 is 1.31 bits per heavy atom. The molecule has 35 heavy (non-hydrogen) atoms. The van der Waals surface area contributed by atoms with E-state index in [-0.39, 0.29) is 17.6 Å². The first-order valence-corrected chi connectivity index (χ1v) is 14.8. The molecule has 0 aromatic rings. The predicted molar refractivity (Wildman–Crippen MR) is 136 cm³/mol. The molecule has 2 N–H and O–H groups in total. The van der Waals surface area contributed by atoms with Gasteiger partial charge in [0.2, 0.25) is 0 Å². The number of ether oxygens (including phenoxy) is 2. The summed E-state index contributed by atoms with van der Waals surface area (Å²) in [6.45, 7) is 12.5. The van der Waals surface area contributed by atoms with Gasteiger partial charge in [-0.05, 0) is 61.2 Å². The lowest BCUT2D eigenvalue weighted by Crippen LogP contribution is -2.67. The molecule has 6 nitrogen and oxygen atoms in total. The van der Waals surface area contributed by atoms with Crippen LogP contribution in [0.1, 0.15) is 58.8 Å². The zero-order valence-corrected chi connectivity index (χ0v) is 22.8. The van der Waals surface area contributed by atoms with Crippen molar-refractivity contribution in [1.29, 1.82) is 0 Å². The number of aliphatic hydroxyl groups is 2. The Kier molecular flexibility index (Phi) is 6.19. The Bertz CT molecular complexity index is 796. The normalized spacial score (nSPS) is 53.3. The summed E-state index contributed by atoms with van der Waals surface area (Å²) in [6.07, 6.45) is 7.97. The van der Waals surface area contributed by atoms with Gasteiger partial charge in [-0.1, -0.05) is 13.8 Å². The van der Waals surface area contributed by atoms with E-state index in [4.69, 9.17) is 9.47 Å². The van der Waals surface area contributed by atoms with Crippen molar-refractivity contribution >= 4 is 0 Å². The molecular weight excluding hydrogens is 440 g/mol. The van der Waals surface area contributed by atoms with Crippen molar-refractivity contribution in [3.8, 4) is 0 Å². The molecule has 2 heterocycles. The van der Waals surface area contributed by atoms with Crippen LogP contribution in [0.3, 0.4) is 0 Å². The number of likely N-dealkylation sites (N-methyl/N-ethyl adjacent to an activating group) is 2. The minimum absolute atomic E-state index is 0.0604. The first kappa shape index (κ1) is 25.1. The Hall–Kier alpha value is -0.240. The van der Waals surface area contributed by atoms with E-state index in [2.05, 4.69) is 27.9 Å². The molecule has 6 rings (SSSR count). The lowest BCUT2D eigenvalue weighted by molar-refractivity contribution is -0.945. The van der Waals surface area contributed by atoms with Gasteiger partial charge in [-0.3, -0.25) is 0 Å². The van der Waals surface area contributed by atoms with Crippen molar-refractivity contribution in [1.82, 2.24) is 0 Å². The quantitative estimate of drug-likeness (QED) is 0.582. The van der Waals surface area contributed by atoms with Gasteiger partial charge in [0.15, 0.2) is 0 Å². The Labute approximate surface area is 213 Å². The van der Waals surface area contributed by atoms with Crippen LogP contribution >= 0.6 is 0 Å². The first-order valence-electron chi connectivity index (χ1n) is 14.8. The summed E-state index contributed by atoms with van der Waals surface area (Å²) < 4.78 is 13.4. The second-order valence-electron chi connectivity index (χ2n) is 14.6. The summed E-state index contributed by atoms with van der Waals surface area (Å²) >= 11 is 0. The largest absolute Gasteiger partial charge is 0.387 e. The van der Waals surface area contributed by atoms with E-state index in [0.717, 1.165) is 86.3 Å². The van der Waals surface area contributed by atoms with Crippen LogP contribution in [0.5, 0.6) is 0 Å². The molecule has 0 spiro atoms. The van der Waals surface area contributed by atoms with Crippen LogP contribution < -0.4 is 0 Å². The zero-order chi connectivity index (χ0) is 24.6. The van der Waals surface area contributed by atoms with Crippen molar-refractivity contribution in [2.45, 2.75) is 83.1 Å². The highest BCUT2D eigenvalue weighted by Crippen LogP contribution is 2.67. The van der Waals surface area contributed by atoms with Crippen LogP contribution in [0.15, 0.2) is 0 Å². The van der Waals surface area contributed by atoms with Gasteiger partial charge in [-0.2, -0.15) is 0 Å². The molecule has 2 aliphatic heterocycles. The maximum Gasteiger partial charge on any atom is 0.116 e. The number of fused-ring (bicyclic) bond motifs is 5. The van der Waals surface area contributed by atoms with Gasteiger partial charge in [0.1, 0.15) is 50.5 Å². The molecule has 10 atom stereocenters. The molecule has 200 valence electrons. The van der Waals surface area contributed by atoms with E-state index in [0.29, 0.717) is 29.3 Å². The van der Waals surface area contributed by atoms with Crippen LogP contribution in [-0.2, 0) is 9.47 Å². The van der Waals surface area contributed by atoms with E-state index in [1.807, 2.05) is 0 Å². The SMILES string of the molecule is C[C@]12CC([N+]3(C)CCOCC3)[C@@H](O)C[C@@H]1CC[C@@H]1[C@@H]2CC[C@]2(C)[C@H](O)C([N+]3(C)CCOCC3)C[C@@H]12. The number of quaternary nitrogens is 2. The van der Waals surface area contributed by atoms with Crippen LogP contribution in [0, 0.1) is 34.5 Å². The molecule has 0 amide bonds. The van der Waals surface area contributed by atoms with Crippen LogP contribution in [0.2, 0.25) is 0 Å². The lowest BCUT2D eigenvalue weighted by Gasteiger charge is -2.62. The lowest BCUT2D eigenvalue weighted by atomic mass is 9.44. The number of rotatable bonds is 2. The highest BCUT2D eigenvalue weighted by atomic mass is 16.5.